The lowest BCUT2D eigenvalue weighted by Crippen LogP contribution is -2.37. The molecule has 162 valence electrons. The lowest BCUT2D eigenvalue weighted by Gasteiger charge is -2.22. The maximum Gasteiger partial charge on any atom is 0.237 e. The standard InChI is InChI=1S/C24H22N4O3S/c1-16-13-18-5-2-3-7-21(18)28(16)22(30)15-32-24-26-25-23(17-8-10-19(29)11-9-17)27(24)14-20-6-4-12-31-20/h2-12,16,29H,13-15H2,1H3. The number of hydrogen-bond donors (Lipinski definition) is 1. The third-order valence-electron chi connectivity index (χ3n) is 5.54. The van der Waals surface area contributed by atoms with Gasteiger partial charge in [-0.1, -0.05) is 30.0 Å². The van der Waals surface area contributed by atoms with Gasteiger partial charge in [0.05, 0.1) is 18.6 Å². The molecule has 0 spiro atoms. The SMILES string of the molecule is CC1Cc2ccccc2N1C(=O)CSc1nnc(-c2ccc(O)cc2)n1Cc1ccco1. The molecule has 1 aliphatic heterocycles. The van der Waals surface area contributed by atoms with Gasteiger partial charge in [-0.2, -0.15) is 0 Å². The molecule has 0 fully saturated rings. The van der Waals surface area contributed by atoms with Gasteiger partial charge in [-0.25, -0.2) is 0 Å². The monoisotopic (exact) mass is 446 g/mol. The van der Waals surface area contributed by atoms with Crippen molar-refractivity contribution in [1.29, 1.82) is 0 Å². The van der Waals surface area contributed by atoms with Crippen LogP contribution in [-0.2, 0) is 17.8 Å². The van der Waals surface area contributed by atoms with E-state index in [-0.39, 0.29) is 23.5 Å². The van der Waals surface area contributed by atoms with E-state index in [0.29, 0.717) is 17.5 Å². The minimum absolute atomic E-state index is 0.0474. The van der Waals surface area contributed by atoms with Crippen LogP contribution >= 0.6 is 11.8 Å². The Bertz CT molecular complexity index is 1230. The molecule has 2 aromatic carbocycles. The summed E-state index contributed by atoms with van der Waals surface area (Å²) < 4.78 is 7.47. The summed E-state index contributed by atoms with van der Waals surface area (Å²) in [6.45, 7) is 2.51. The van der Waals surface area contributed by atoms with Crippen molar-refractivity contribution in [2.24, 2.45) is 0 Å². The number of aromatic hydroxyl groups is 1. The van der Waals surface area contributed by atoms with Crippen LogP contribution in [0.2, 0.25) is 0 Å². The Hall–Kier alpha value is -3.52. The van der Waals surface area contributed by atoms with Gasteiger partial charge in [0, 0.05) is 17.3 Å². The first kappa shape index (κ1) is 20.4. The van der Waals surface area contributed by atoms with E-state index in [2.05, 4.69) is 23.2 Å². The largest absolute Gasteiger partial charge is 0.508 e. The molecule has 3 heterocycles. The average Bonchev–Trinajstić information content (AvgIpc) is 3.52. The number of hydrogen-bond acceptors (Lipinski definition) is 6. The summed E-state index contributed by atoms with van der Waals surface area (Å²) in [5.41, 5.74) is 3.02. The Labute approximate surface area is 189 Å². The van der Waals surface area contributed by atoms with Gasteiger partial charge in [-0.3, -0.25) is 9.36 Å². The summed E-state index contributed by atoms with van der Waals surface area (Å²) >= 11 is 1.37. The van der Waals surface area contributed by atoms with Crippen LogP contribution < -0.4 is 4.90 Å². The van der Waals surface area contributed by atoms with Gasteiger partial charge in [-0.15, -0.1) is 10.2 Å². The van der Waals surface area contributed by atoms with E-state index in [1.807, 2.05) is 39.8 Å². The first-order chi connectivity index (χ1) is 15.6. The molecule has 32 heavy (non-hydrogen) atoms. The van der Waals surface area contributed by atoms with Crippen LogP contribution in [0, 0.1) is 0 Å². The summed E-state index contributed by atoms with van der Waals surface area (Å²) in [4.78, 5) is 15.0. The molecule has 1 aliphatic rings. The van der Waals surface area contributed by atoms with Crippen LogP contribution in [-0.4, -0.2) is 37.6 Å². The van der Waals surface area contributed by atoms with Gasteiger partial charge in [-0.05, 0) is 61.4 Å². The number of nitrogens with zero attached hydrogens (tertiary/aromatic N) is 4. The zero-order valence-electron chi connectivity index (χ0n) is 17.5. The number of amides is 1. The van der Waals surface area contributed by atoms with Gasteiger partial charge >= 0.3 is 0 Å². The molecule has 0 radical (unpaired) electrons. The van der Waals surface area contributed by atoms with Crippen molar-refractivity contribution in [2.45, 2.75) is 31.1 Å². The van der Waals surface area contributed by atoms with Crippen LogP contribution in [0.4, 0.5) is 5.69 Å². The zero-order chi connectivity index (χ0) is 22.1. The van der Waals surface area contributed by atoms with Crippen molar-refractivity contribution in [3.8, 4) is 17.1 Å². The number of anilines is 1. The number of aromatic nitrogens is 3. The molecule has 1 unspecified atom stereocenters. The fourth-order valence-corrected chi connectivity index (χ4v) is 4.86. The number of phenolic OH excluding ortho intramolecular Hbond substituents is 1. The molecule has 0 saturated heterocycles. The predicted octanol–water partition coefficient (Wildman–Crippen LogP) is 4.36. The molecule has 1 amide bonds. The molecule has 0 saturated carbocycles. The number of furan rings is 1. The number of rotatable bonds is 6. The maximum absolute atomic E-state index is 13.1. The van der Waals surface area contributed by atoms with Crippen molar-refractivity contribution in [1.82, 2.24) is 14.8 Å². The fourth-order valence-electron chi connectivity index (χ4n) is 4.06. The minimum atomic E-state index is 0.0474. The summed E-state index contributed by atoms with van der Waals surface area (Å²) in [6, 6.07) is 18.7. The third-order valence-corrected chi connectivity index (χ3v) is 6.49. The number of phenols is 1. The van der Waals surface area contributed by atoms with E-state index in [9.17, 15) is 9.90 Å². The second-order valence-electron chi connectivity index (χ2n) is 7.75. The maximum atomic E-state index is 13.1. The molecule has 4 aromatic rings. The van der Waals surface area contributed by atoms with Crippen LogP contribution in [0.5, 0.6) is 5.75 Å². The van der Waals surface area contributed by atoms with Crippen molar-refractivity contribution in [3.63, 3.8) is 0 Å². The molecular formula is C24H22N4O3S. The van der Waals surface area contributed by atoms with Crippen molar-refractivity contribution in [3.05, 3.63) is 78.3 Å². The Kier molecular flexibility index (Phi) is 5.45. The quantitative estimate of drug-likeness (QED) is 0.443. The van der Waals surface area contributed by atoms with E-state index in [0.717, 1.165) is 23.4 Å². The molecule has 1 N–H and O–H groups in total. The molecule has 1 atom stereocenters. The summed E-state index contributed by atoms with van der Waals surface area (Å²) in [6.07, 6.45) is 2.49. The Balaban J connectivity index is 1.40. The van der Waals surface area contributed by atoms with Gasteiger partial charge in [0.1, 0.15) is 11.5 Å². The minimum Gasteiger partial charge on any atom is -0.508 e. The average molecular weight is 447 g/mol. The lowest BCUT2D eigenvalue weighted by atomic mass is 10.1. The van der Waals surface area contributed by atoms with E-state index in [4.69, 9.17) is 4.42 Å². The third kappa shape index (κ3) is 3.89. The van der Waals surface area contributed by atoms with E-state index in [1.54, 1.807) is 30.5 Å². The van der Waals surface area contributed by atoms with E-state index in [1.165, 1.54) is 17.3 Å². The van der Waals surface area contributed by atoms with E-state index >= 15 is 0 Å². The highest BCUT2D eigenvalue weighted by molar-refractivity contribution is 7.99. The second kappa shape index (κ2) is 8.55. The smallest absolute Gasteiger partial charge is 0.237 e. The molecule has 0 bridgehead atoms. The number of thioether (sulfide) groups is 1. The van der Waals surface area contributed by atoms with Gasteiger partial charge in [0.2, 0.25) is 5.91 Å². The van der Waals surface area contributed by atoms with Crippen LogP contribution in [0.1, 0.15) is 18.2 Å². The van der Waals surface area contributed by atoms with Gasteiger partial charge < -0.3 is 14.4 Å². The van der Waals surface area contributed by atoms with Crippen LogP contribution in [0.15, 0.2) is 76.5 Å². The molecule has 7 nitrogen and oxygen atoms in total. The van der Waals surface area contributed by atoms with Crippen molar-refractivity contribution < 1.29 is 14.3 Å². The molecule has 0 aliphatic carbocycles. The highest BCUT2D eigenvalue weighted by Gasteiger charge is 2.30. The normalized spacial score (nSPS) is 15.2. The van der Waals surface area contributed by atoms with Gasteiger partial charge in [0.25, 0.3) is 0 Å². The number of carbonyl (C=O) groups excluding carboxylic acids is 1. The Morgan fingerprint density at radius 1 is 1.12 bits per heavy atom. The number of fused-ring (bicyclic) bond motifs is 1. The fraction of sp³-hybridized carbons (Fsp3) is 0.208. The van der Waals surface area contributed by atoms with E-state index < -0.39 is 0 Å². The second-order valence-corrected chi connectivity index (χ2v) is 8.70. The first-order valence-electron chi connectivity index (χ1n) is 10.4. The summed E-state index contributed by atoms with van der Waals surface area (Å²) in [5, 5.41) is 19.0. The van der Waals surface area contributed by atoms with Crippen LogP contribution in [0.3, 0.4) is 0 Å². The number of para-hydroxylation sites is 1. The topological polar surface area (TPSA) is 84.4 Å². The Morgan fingerprint density at radius 2 is 1.94 bits per heavy atom. The molecule has 8 heteroatoms. The van der Waals surface area contributed by atoms with Crippen molar-refractivity contribution >= 4 is 23.4 Å². The first-order valence-corrected chi connectivity index (χ1v) is 11.4. The zero-order valence-corrected chi connectivity index (χ0v) is 18.3. The highest BCUT2D eigenvalue weighted by atomic mass is 32.2. The summed E-state index contributed by atoms with van der Waals surface area (Å²) in [7, 11) is 0. The van der Waals surface area contributed by atoms with Crippen molar-refractivity contribution in [2.75, 3.05) is 10.7 Å². The predicted molar refractivity (Wildman–Crippen MR) is 123 cm³/mol. The molecule has 5 rings (SSSR count). The highest BCUT2D eigenvalue weighted by Crippen LogP contribution is 2.33. The number of carbonyl (C=O) groups is 1. The molecule has 2 aromatic heterocycles. The summed E-state index contributed by atoms with van der Waals surface area (Å²) in [5.74, 6) is 1.90. The lowest BCUT2D eigenvalue weighted by molar-refractivity contribution is -0.116. The molecular weight excluding hydrogens is 424 g/mol. The van der Waals surface area contributed by atoms with Gasteiger partial charge in [0.15, 0.2) is 11.0 Å². The number of benzene rings is 2. The Morgan fingerprint density at radius 3 is 2.72 bits per heavy atom. The van der Waals surface area contributed by atoms with Crippen LogP contribution in [0.25, 0.3) is 11.4 Å².